The van der Waals surface area contributed by atoms with Crippen LogP contribution in [-0.4, -0.2) is 30.5 Å². The van der Waals surface area contributed by atoms with Gasteiger partial charge in [-0.05, 0) is 42.7 Å². The molecule has 1 aromatic heterocycles. The van der Waals surface area contributed by atoms with Crippen molar-refractivity contribution in [3.05, 3.63) is 47.2 Å². The molecule has 1 fully saturated rings. The minimum Gasteiger partial charge on any atom is -0.454 e. The van der Waals surface area contributed by atoms with E-state index >= 15 is 0 Å². The Bertz CT molecular complexity index is 869. The van der Waals surface area contributed by atoms with Gasteiger partial charge in [0.15, 0.2) is 11.5 Å². The van der Waals surface area contributed by atoms with Crippen LogP contribution < -0.4 is 9.47 Å². The molecule has 1 aromatic carbocycles. The lowest BCUT2D eigenvalue weighted by molar-refractivity contribution is 0.174. The molecule has 8 heteroatoms. The zero-order valence-electron chi connectivity index (χ0n) is 12.7. The first-order valence-electron chi connectivity index (χ1n) is 7.55. The summed E-state index contributed by atoms with van der Waals surface area (Å²) >= 11 is 6.20. The van der Waals surface area contributed by atoms with E-state index in [1.165, 1.54) is 10.5 Å². The summed E-state index contributed by atoms with van der Waals surface area (Å²) in [6.07, 6.45) is 4.64. The van der Waals surface area contributed by atoms with Crippen molar-refractivity contribution in [2.45, 2.75) is 30.3 Å². The molecule has 4 rings (SSSR count). The number of fused-ring (bicyclic) bond motifs is 1. The van der Waals surface area contributed by atoms with Crippen LogP contribution in [0.1, 0.15) is 18.4 Å². The summed E-state index contributed by atoms with van der Waals surface area (Å²) in [4.78, 5) is 4.12. The summed E-state index contributed by atoms with van der Waals surface area (Å²) in [5.41, 5.74) is 0.767. The lowest BCUT2D eigenvalue weighted by atomic mass is 10.2. The number of benzene rings is 1. The number of nitrogens with zero attached hydrogens (tertiary/aromatic N) is 2. The highest BCUT2D eigenvalue weighted by molar-refractivity contribution is 7.89. The van der Waals surface area contributed by atoms with Crippen LogP contribution in [0, 0.1) is 0 Å². The summed E-state index contributed by atoms with van der Waals surface area (Å²) in [5, 5.41) is 0.425. The molecule has 0 bridgehead atoms. The highest BCUT2D eigenvalue weighted by atomic mass is 35.5. The molecule has 0 unspecified atom stereocenters. The normalized spacial score (nSPS) is 16.6. The molecule has 0 saturated heterocycles. The van der Waals surface area contributed by atoms with Crippen molar-refractivity contribution in [1.29, 1.82) is 0 Å². The van der Waals surface area contributed by atoms with Gasteiger partial charge < -0.3 is 9.47 Å². The fourth-order valence-electron chi connectivity index (χ4n) is 2.70. The Morgan fingerprint density at radius 3 is 2.83 bits per heavy atom. The Morgan fingerprint density at radius 2 is 2.12 bits per heavy atom. The maximum Gasteiger partial charge on any atom is 0.245 e. The van der Waals surface area contributed by atoms with Crippen LogP contribution in [-0.2, 0) is 16.6 Å². The molecule has 0 amide bonds. The number of hydrogen-bond donors (Lipinski definition) is 0. The van der Waals surface area contributed by atoms with Crippen LogP contribution in [0.3, 0.4) is 0 Å². The van der Waals surface area contributed by atoms with E-state index in [1.54, 1.807) is 30.5 Å². The zero-order chi connectivity index (χ0) is 16.7. The summed E-state index contributed by atoms with van der Waals surface area (Å²) in [7, 11) is -3.61. The van der Waals surface area contributed by atoms with Gasteiger partial charge in [0.25, 0.3) is 0 Å². The van der Waals surface area contributed by atoms with Gasteiger partial charge in [0.1, 0.15) is 4.90 Å². The van der Waals surface area contributed by atoms with E-state index in [4.69, 9.17) is 21.1 Å². The molecule has 0 spiro atoms. The third-order valence-electron chi connectivity index (χ3n) is 4.02. The first-order valence-corrected chi connectivity index (χ1v) is 9.37. The molecule has 6 nitrogen and oxygen atoms in total. The number of rotatable bonds is 5. The number of aromatic nitrogens is 1. The molecule has 1 aliphatic heterocycles. The average molecular weight is 367 g/mol. The van der Waals surface area contributed by atoms with E-state index in [9.17, 15) is 8.42 Å². The van der Waals surface area contributed by atoms with E-state index in [0.29, 0.717) is 16.5 Å². The van der Waals surface area contributed by atoms with Crippen molar-refractivity contribution in [2.75, 3.05) is 6.79 Å². The maximum atomic E-state index is 12.9. The Labute approximate surface area is 145 Å². The van der Waals surface area contributed by atoms with Crippen LogP contribution >= 0.6 is 11.6 Å². The second-order valence-corrected chi connectivity index (χ2v) is 8.08. The molecule has 0 radical (unpaired) electrons. The monoisotopic (exact) mass is 366 g/mol. The van der Waals surface area contributed by atoms with Gasteiger partial charge in [-0.2, -0.15) is 4.31 Å². The third kappa shape index (κ3) is 2.83. The second-order valence-electron chi connectivity index (χ2n) is 5.78. The quantitative estimate of drug-likeness (QED) is 0.813. The summed E-state index contributed by atoms with van der Waals surface area (Å²) in [5.74, 6) is 1.06. The van der Waals surface area contributed by atoms with Gasteiger partial charge in [0, 0.05) is 25.0 Å². The van der Waals surface area contributed by atoms with Gasteiger partial charge in [-0.15, -0.1) is 0 Å². The van der Waals surface area contributed by atoms with E-state index in [1.807, 2.05) is 0 Å². The number of pyridine rings is 1. The molecule has 0 atom stereocenters. The standard InChI is InChI=1S/C16H15ClN2O4S/c17-14-6-11(7-15-16(14)23-10-22-15)9-19(12-3-4-12)24(20,21)13-2-1-5-18-8-13/h1-2,5-8,12H,3-4,9-10H2. The largest absolute Gasteiger partial charge is 0.454 e. The van der Waals surface area contributed by atoms with Crippen molar-refractivity contribution in [2.24, 2.45) is 0 Å². The van der Waals surface area contributed by atoms with E-state index in [-0.39, 0.29) is 24.3 Å². The van der Waals surface area contributed by atoms with Gasteiger partial charge >= 0.3 is 0 Å². The Kier molecular flexibility index (Phi) is 3.86. The molecule has 126 valence electrons. The maximum absolute atomic E-state index is 12.9. The number of halogens is 1. The minimum absolute atomic E-state index is 0.0133. The number of ether oxygens (including phenoxy) is 2. The van der Waals surface area contributed by atoms with Crippen LogP contribution in [0.2, 0.25) is 5.02 Å². The molecule has 1 aliphatic carbocycles. The summed E-state index contributed by atoms with van der Waals surface area (Å²) in [6.45, 7) is 0.358. The van der Waals surface area contributed by atoms with Gasteiger partial charge in [-0.25, -0.2) is 8.42 Å². The topological polar surface area (TPSA) is 68.7 Å². The smallest absolute Gasteiger partial charge is 0.245 e. The molecule has 24 heavy (non-hydrogen) atoms. The van der Waals surface area contributed by atoms with Crippen LogP contribution in [0.5, 0.6) is 11.5 Å². The first-order chi connectivity index (χ1) is 11.6. The van der Waals surface area contributed by atoms with Crippen molar-refractivity contribution in [1.82, 2.24) is 9.29 Å². The SMILES string of the molecule is O=S(=O)(c1cccnc1)N(Cc1cc(Cl)c2c(c1)OCO2)C1CC1. The van der Waals surface area contributed by atoms with Crippen molar-refractivity contribution >= 4 is 21.6 Å². The average Bonchev–Trinajstić information content (AvgIpc) is 3.30. The zero-order valence-corrected chi connectivity index (χ0v) is 14.3. The highest BCUT2D eigenvalue weighted by Crippen LogP contribution is 2.41. The molecule has 2 aliphatic rings. The molecule has 1 saturated carbocycles. The second kappa shape index (κ2) is 5.91. The first kappa shape index (κ1) is 15.7. The third-order valence-corrected chi connectivity index (χ3v) is 6.18. The fourth-order valence-corrected chi connectivity index (χ4v) is 4.63. The van der Waals surface area contributed by atoms with E-state index in [0.717, 1.165) is 18.4 Å². The van der Waals surface area contributed by atoms with Crippen LogP contribution in [0.15, 0.2) is 41.6 Å². The van der Waals surface area contributed by atoms with Crippen molar-refractivity contribution in [3.63, 3.8) is 0 Å². The van der Waals surface area contributed by atoms with Crippen molar-refractivity contribution < 1.29 is 17.9 Å². The van der Waals surface area contributed by atoms with Crippen LogP contribution in [0.25, 0.3) is 0 Å². The summed E-state index contributed by atoms with van der Waals surface area (Å²) in [6, 6.07) is 6.70. The van der Waals surface area contributed by atoms with Gasteiger partial charge in [-0.3, -0.25) is 4.98 Å². The molecule has 2 aromatic rings. The minimum atomic E-state index is -3.61. The highest BCUT2D eigenvalue weighted by Gasteiger charge is 2.38. The molecule has 2 heterocycles. The Morgan fingerprint density at radius 1 is 1.29 bits per heavy atom. The van der Waals surface area contributed by atoms with Crippen LogP contribution in [0.4, 0.5) is 0 Å². The Hall–Kier alpha value is -1.83. The lowest BCUT2D eigenvalue weighted by Gasteiger charge is -2.22. The van der Waals surface area contributed by atoms with Gasteiger partial charge in [0.2, 0.25) is 16.8 Å². The molecule has 0 N–H and O–H groups in total. The number of hydrogen-bond acceptors (Lipinski definition) is 5. The predicted molar refractivity (Wildman–Crippen MR) is 87.6 cm³/mol. The van der Waals surface area contributed by atoms with Crippen molar-refractivity contribution in [3.8, 4) is 11.5 Å². The lowest BCUT2D eigenvalue weighted by Crippen LogP contribution is -2.32. The fraction of sp³-hybridized carbons (Fsp3) is 0.312. The van der Waals surface area contributed by atoms with Gasteiger partial charge in [-0.1, -0.05) is 11.6 Å². The summed E-state index contributed by atoms with van der Waals surface area (Å²) < 4.78 is 38.0. The van der Waals surface area contributed by atoms with Gasteiger partial charge in [0.05, 0.1) is 5.02 Å². The van der Waals surface area contributed by atoms with E-state index in [2.05, 4.69) is 4.98 Å². The Balaban J connectivity index is 1.67. The molecular formula is C16H15ClN2O4S. The predicted octanol–water partition coefficient (Wildman–Crippen LogP) is 2.82. The molecular weight excluding hydrogens is 352 g/mol. The number of sulfonamides is 1. The van der Waals surface area contributed by atoms with E-state index < -0.39 is 10.0 Å².